The minimum absolute atomic E-state index is 0.0402. The lowest BCUT2D eigenvalue weighted by Crippen LogP contribution is -2.19. The van der Waals surface area contributed by atoms with Crippen molar-refractivity contribution in [3.05, 3.63) is 88.8 Å². The second-order valence-corrected chi connectivity index (χ2v) is 8.68. The molecule has 1 heterocycles. The second-order valence-electron chi connectivity index (χ2n) is 8.68. The summed E-state index contributed by atoms with van der Waals surface area (Å²) in [7, 11) is 0. The number of para-hydroxylation sites is 1. The second kappa shape index (κ2) is 10.0. The van der Waals surface area contributed by atoms with Crippen molar-refractivity contribution in [2.75, 3.05) is 6.54 Å². The standard InChI is InChI=1S/C28H33N3O/c1-20(2)32-30-27-24-13-8-9-14-26(24)31(28-22(4)21(3)15-16-25(27)28)18-10-17-29-19-23-11-6-5-7-12-23/h5-9,11-16,20,29H,10,17-19H2,1-4H3. The van der Waals surface area contributed by atoms with Gasteiger partial charge in [0.2, 0.25) is 0 Å². The van der Waals surface area contributed by atoms with Gasteiger partial charge in [0.1, 0.15) is 11.5 Å². The Hall–Kier alpha value is -3.11. The first-order valence-corrected chi connectivity index (χ1v) is 11.5. The molecule has 3 aromatic carbocycles. The minimum atomic E-state index is 0.0402. The van der Waals surface area contributed by atoms with Crippen molar-refractivity contribution in [1.29, 1.82) is 0 Å². The number of hydrogen-bond acceptors (Lipinski definition) is 3. The molecule has 4 nitrogen and oxygen atoms in total. The van der Waals surface area contributed by atoms with E-state index in [1.54, 1.807) is 0 Å². The van der Waals surface area contributed by atoms with Crippen LogP contribution in [0, 0.1) is 13.8 Å². The summed E-state index contributed by atoms with van der Waals surface area (Å²) in [6, 6.07) is 23.5. The summed E-state index contributed by atoms with van der Waals surface area (Å²) in [6.07, 6.45) is 1.08. The predicted molar refractivity (Wildman–Crippen MR) is 133 cm³/mol. The fourth-order valence-corrected chi connectivity index (χ4v) is 4.19. The van der Waals surface area contributed by atoms with Crippen LogP contribution < -0.4 is 10.7 Å². The van der Waals surface area contributed by atoms with Crippen LogP contribution in [-0.4, -0.2) is 17.2 Å². The molecule has 4 heteroatoms. The summed E-state index contributed by atoms with van der Waals surface area (Å²) >= 11 is 0. The largest absolute Gasteiger partial charge is 0.393 e. The van der Waals surface area contributed by atoms with Gasteiger partial charge in [-0.3, -0.25) is 0 Å². The maximum absolute atomic E-state index is 5.71. The molecule has 0 fully saturated rings. The Balaban J connectivity index is 1.71. The third kappa shape index (κ3) is 4.71. The molecule has 32 heavy (non-hydrogen) atoms. The smallest absolute Gasteiger partial charge is 0.122 e. The van der Waals surface area contributed by atoms with Gasteiger partial charge in [0.25, 0.3) is 0 Å². The van der Waals surface area contributed by atoms with Crippen LogP contribution >= 0.6 is 0 Å². The molecule has 4 rings (SSSR count). The molecule has 1 N–H and O–H groups in total. The molecule has 0 saturated heterocycles. The van der Waals surface area contributed by atoms with Crippen molar-refractivity contribution in [3.8, 4) is 0 Å². The Morgan fingerprint density at radius 2 is 1.66 bits per heavy atom. The molecule has 0 atom stereocenters. The molecule has 0 aliphatic carbocycles. The van der Waals surface area contributed by atoms with Gasteiger partial charge in [-0.1, -0.05) is 65.8 Å². The number of aryl methyl sites for hydroxylation is 3. The average molecular weight is 428 g/mol. The van der Waals surface area contributed by atoms with Gasteiger partial charge in [0, 0.05) is 23.9 Å². The number of rotatable bonds is 8. The molecule has 0 amide bonds. The van der Waals surface area contributed by atoms with Crippen LogP contribution in [0.3, 0.4) is 0 Å². The summed E-state index contributed by atoms with van der Waals surface area (Å²) < 4.78 is 2.46. The van der Waals surface area contributed by atoms with E-state index in [9.17, 15) is 0 Å². The summed E-state index contributed by atoms with van der Waals surface area (Å²) in [5.74, 6) is 0. The lowest BCUT2D eigenvalue weighted by molar-refractivity contribution is 0.0777. The van der Waals surface area contributed by atoms with Crippen LogP contribution in [0.15, 0.2) is 71.9 Å². The highest BCUT2D eigenvalue weighted by Crippen LogP contribution is 2.25. The van der Waals surface area contributed by atoms with Gasteiger partial charge in [-0.2, -0.15) is 0 Å². The monoisotopic (exact) mass is 427 g/mol. The van der Waals surface area contributed by atoms with Crippen LogP contribution in [0.4, 0.5) is 0 Å². The Bertz CT molecular complexity index is 1270. The number of nitrogens with one attached hydrogen (secondary N) is 1. The molecule has 0 bridgehead atoms. The molecule has 0 radical (unpaired) electrons. The van der Waals surface area contributed by atoms with E-state index in [2.05, 4.69) is 95.6 Å². The molecule has 0 unspecified atom stereocenters. The molecular weight excluding hydrogens is 394 g/mol. The normalized spacial score (nSPS) is 12.2. The zero-order chi connectivity index (χ0) is 22.5. The van der Waals surface area contributed by atoms with Crippen molar-refractivity contribution in [3.63, 3.8) is 0 Å². The summed E-state index contributed by atoms with van der Waals surface area (Å²) in [4.78, 5) is 5.71. The lowest BCUT2D eigenvalue weighted by Gasteiger charge is -2.19. The van der Waals surface area contributed by atoms with E-state index in [1.807, 2.05) is 13.8 Å². The van der Waals surface area contributed by atoms with Crippen molar-refractivity contribution >= 4 is 21.8 Å². The predicted octanol–water partition coefficient (Wildman–Crippen LogP) is 5.83. The van der Waals surface area contributed by atoms with Crippen LogP contribution in [0.2, 0.25) is 0 Å². The van der Waals surface area contributed by atoms with Crippen molar-refractivity contribution in [2.45, 2.75) is 53.3 Å². The van der Waals surface area contributed by atoms with E-state index in [4.69, 9.17) is 4.84 Å². The molecule has 0 saturated carbocycles. The Labute approximate surface area is 190 Å². The highest BCUT2D eigenvalue weighted by Gasteiger charge is 2.13. The van der Waals surface area contributed by atoms with E-state index >= 15 is 0 Å². The van der Waals surface area contributed by atoms with Gasteiger partial charge >= 0.3 is 0 Å². The highest BCUT2D eigenvalue weighted by molar-refractivity contribution is 5.95. The number of nitrogens with zero attached hydrogens (tertiary/aromatic N) is 2. The zero-order valence-corrected chi connectivity index (χ0v) is 19.6. The summed E-state index contributed by atoms with van der Waals surface area (Å²) in [5, 5.41) is 11.4. The van der Waals surface area contributed by atoms with Crippen LogP contribution in [0.5, 0.6) is 0 Å². The Kier molecular flexibility index (Phi) is 6.91. The Morgan fingerprint density at radius 1 is 0.906 bits per heavy atom. The number of fused-ring (bicyclic) bond motifs is 2. The van der Waals surface area contributed by atoms with Crippen molar-refractivity contribution in [1.82, 2.24) is 9.88 Å². The fourth-order valence-electron chi connectivity index (χ4n) is 4.19. The third-order valence-electron chi connectivity index (χ3n) is 5.94. The first-order valence-electron chi connectivity index (χ1n) is 11.5. The van der Waals surface area contributed by atoms with E-state index in [0.29, 0.717) is 0 Å². The summed E-state index contributed by atoms with van der Waals surface area (Å²) in [6.45, 7) is 11.2. The van der Waals surface area contributed by atoms with E-state index in [0.717, 1.165) is 42.2 Å². The maximum Gasteiger partial charge on any atom is 0.122 e. The average Bonchev–Trinajstić information content (AvgIpc) is 2.80. The van der Waals surface area contributed by atoms with Crippen molar-refractivity contribution in [2.24, 2.45) is 5.16 Å². The maximum atomic E-state index is 5.71. The fraction of sp³-hybridized carbons (Fsp3) is 0.321. The number of pyridine rings is 1. The van der Waals surface area contributed by atoms with Crippen molar-refractivity contribution < 1.29 is 4.84 Å². The first-order chi connectivity index (χ1) is 15.6. The molecule has 1 aromatic heterocycles. The van der Waals surface area contributed by atoms with Crippen LogP contribution in [-0.2, 0) is 17.9 Å². The van der Waals surface area contributed by atoms with Gasteiger partial charge in [0.15, 0.2) is 0 Å². The Morgan fingerprint density at radius 3 is 2.44 bits per heavy atom. The van der Waals surface area contributed by atoms with Gasteiger partial charge in [-0.05, 0) is 63.4 Å². The van der Waals surface area contributed by atoms with E-state index < -0.39 is 0 Å². The van der Waals surface area contributed by atoms with Crippen LogP contribution in [0.25, 0.3) is 21.8 Å². The third-order valence-corrected chi connectivity index (χ3v) is 5.94. The van der Waals surface area contributed by atoms with Gasteiger partial charge in [-0.15, -0.1) is 0 Å². The number of hydrogen-bond donors (Lipinski definition) is 1. The number of aromatic nitrogens is 1. The van der Waals surface area contributed by atoms with Gasteiger partial charge in [0.05, 0.1) is 11.0 Å². The van der Waals surface area contributed by atoms with Gasteiger partial charge < -0.3 is 14.7 Å². The van der Waals surface area contributed by atoms with Crippen LogP contribution in [0.1, 0.15) is 37.0 Å². The van der Waals surface area contributed by atoms with E-state index in [-0.39, 0.29) is 6.10 Å². The molecule has 4 aromatic rings. The first kappa shape index (κ1) is 22.1. The molecule has 166 valence electrons. The SMILES string of the molecule is Cc1ccc2c(=NOC(C)C)c3ccccc3n(CCCNCc3ccccc3)c2c1C. The molecular formula is C28H33N3O. The minimum Gasteiger partial charge on any atom is -0.393 e. The van der Waals surface area contributed by atoms with E-state index in [1.165, 1.54) is 27.7 Å². The summed E-state index contributed by atoms with van der Waals surface area (Å²) in [5.41, 5.74) is 6.35. The zero-order valence-electron chi connectivity index (χ0n) is 19.6. The molecule has 0 spiro atoms. The van der Waals surface area contributed by atoms with Gasteiger partial charge in [-0.25, -0.2) is 0 Å². The molecule has 0 aliphatic heterocycles. The topological polar surface area (TPSA) is 38.5 Å². The lowest BCUT2D eigenvalue weighted by atomic mass is 10.0. The quantitative estimate of drug-likeness (QED) is 0.218. The highest BCUT2D eigenvalue weighted by atomic mass is 16.6. The number of benzene rings is 3. The molecule has 0 aliphatic rings.